The Morgan fingerprint density at radius 3 is 2.97 bits per heavy atom. The van der Waals surface area contributed by atoms with Gasteiger partial charge < -0.3 is 15.0 Å². The van der Waals surface area contributed by atoms with E-state index in [1.807, 2.05) is 24.0 Å². The van der Waals surface area contributed by atoms with Crippen molar-refractivity contribution in [3.63, 3.8) is 0 Å². The fourth-order valence-corrected chi connectivity index (χ4v) is 4.55. The lowest BCUT2D eigenvalue weighted by Gasteiger charge is -2.31. The van der Waals surface area contributed by atoms with Gasteiger partial charge in [0.05, 0.1) is 17.2 Å². The van der Waals surface area contributed by atoms with Crippen LogP contribution in [-0.4, -0.2) is 35.5 Å². The van der Waals surface area contributed by atoms with Crippen LogP contribution in [0.15, 0.2) is 53.6 Å². The summed E-state index contributed by atoms with van der Waals surface area (Å²) >= 11 is 7.63. The van der Waals surface area contributed by atoms with Gasteiger partial charge in [0, 0.05) is 41.2 Å². The van der Waals surface area contributed by atoms with E-state index in [0.717, 1.165) is 29.2 Å². The van der Waals surface area contributed by atoms with Gasteiger partial charge in [-0.05, 0) is 44.0 Å². The van der Waals surface area contributed by atoms with E-state index in [1.54, 1.807) is 41.7 Å². The second-order valence-corrected chi connectivity index (χ2v) is 8.52. The SMILES string of the molecule is C#C/C=C(\C=C/C)NCc1csc(C2CCN(C(=O)COc3cccc(Cl)c3)CC2)n1. The summed E-state index contributed by atoms with van der Waals surface area (Å²) in [7, 11) is 0. The number of amides is 1. The third-order valence-corrected chi connectivity index (χ3v) is 6.27. The number of nitrogens with zero attached hydrogens (tertiary/aromatic N) is 2. The van der Waals surface area contributed by atoms with E-state index in [-0.39, 0.29) is 12.5 Å². The van der Waals surface area contributed by atoms with Crippen molar-refractivity contribution in [1.29, 1.82) is 0 Å². The number of aromatic nitrogens is 1. The maximum absolute atomic E-state index is 12.5. The number of hydrogen-bond donors (Lipinski definition) is 1. The summed E-state index contributed by atoms with van der Waals surface area (Å²) in [4.78, 5) is 19.1. The van der Waals surface area contributed by atoms with Crippen molar-refractivity contribution in [2.45, 2.75) is 32.2 Å². The molecule has 2 heterocycles. The van der Waals surface area contributed by atoms with Crippen molar-refractivity contribution < 1.29 is 9.53 Å². The lowest BCUT2D eigenvalue weighted by atomic mass is 9.97. The van der Waals surface area contributed by atoms with Crippen molar-refractivity contribution in [2.24, 2.45) is 0 Å². The van der Waals surface area contributed by atoms with Gasteiger partial charge in [-0.15, -0.1) is 17.8 Å². The average molecular weight is 456 g/mol. The molecule has 1 aliphatic heterocycles. The van der Waals surface area contributed by atoms with Crippen LogP contribution in [0.5, 0.6) is 5.75 Å². The molecule has 5 nitrogen and oxygen atoms in total. The number of benzene rings is 1. The molecule has 0 saturated carbocycles. The van der Waals surface area contributed by atoms with Crippen LogP contribution in [-0.2, 0) is 11.3 Å². The molecule has 1 aromatic carbocycles. The van der Waals surface area contributed by atoms with Crippen LogP contribution in [0, 0.1) is 12.3 Å². The highest BCUT2D eigenvalue weighted by atomic mass is 35.5. The monoisotopic (exact) mass is 455 g/mol. The zero-order valence-corrected chi connectivity index (χ0v) is 19.1. The Hall–Kier alpha value is -2.75. The minimum absolute atomic E-state index is 0.000683. The number of carbonyl (C=O) groups is 1. The predicted octanol–water partition coefficient (Wildman–Crippen LogP) is 4.76. The second kappa shape index (κ2) is 11.6. The van der Waals surface area contributed by atoms with Gasteiger partial charge in [0.1, 0.15) is 5.75 Å². The van der Waals surface area contributed by atoms with E-state index in [2.05, 4.69) is 16.6 Å². The number of carbonyl (C=O) groups excluding carboxylic acids is 1. The molecule has 1 saturated heterocycles. The first-order chi connectivity index (χ1) is 15.1. The van der Waals surface area contributed by atoms with E-state index in [1.165, 1.54) is 0 Å². The maximum atomic E-state index is 12.5. The summed E-state index contributed by atoms with van der Waals surface area (Å²) < 4.78 is 5.58. The normalized spacial score (nSPS) is 15.1. The van der Waals surface area contributed by atoms with Crippen LogP contribution in [0.1, 0.15) is 36.4 Å². The number of halogens is 1. The van der Waals surface area contributed by atoms with Gasteiger partial charge in [0.25, 0.3) is 5.91 Å². The number of thiazole rings is 1. The van der Waals surface area contributed by atoms with Crippen LogP contribution >= 0.6 is 22.9 Å². The van der Waals surface area contributed by atoms with Crippen LogP contribution in [0.3, 0.4) is 0 Å². The molecule has 1 amide bonds. The quantitative estimate of drug-likeness (QED) is 0.460. The Morgan fingerprint density at radius 1 is 1.45 bits per heavy atom. The number of hydrogen-bond acceptors (Lipinski definition) is 5. The fraction of sp³-hybridized carbons (Fsp3) is 0.333. The van der Waals surface area contributed by atoms with Gasteiger partial charge in [-0.3, -0.25) is 4.79 Å². The minimum Gasteiger partial charge on any atom is -0.484 e. The first-order valence-corrected chi connectivity index (χ1v) is 11.5. The molecule has 3 rings (SSSR count). The summed E-state index contributed by atoms with van der Waals surface area (Å²) in [5, 5.41) is 7.12. The van der Waals surface area contributed by atoms with Crippen molar-refractivity contribution in [2.75, 3.05) is 19.7 Å². The van der Waals surface area contributed by atoms with E-state index >= 15 is 0 Å². The zero-order chi connectivity index (χ0) is 22.1. The van der Waals surface area contributed by atoms with Gasteiger partial charge in [-0.25, -0.2) is 4.98 Å². The lowest BCUT2D eigenvalue weighted by molar-refractivity contribution is -0.134. The van der Waals surface area contributed by atoms with Crippen LogP contribution in [0.4, 0.5) is 0 Å². The van der Waals surface area contributed by atoms with Gasteiger partial charge in [-0.2, -0.15) is 0 Å². The highest BCUT2D eigenvalue weighted by Gasteiger charge is 2.25. The first kappa shape index (κ1) is 22.9. The number of piperidine rings is 1. The van der Waals surface area contributed by atoms with Crippen molar-refractivity contribution in [3.05, 3.63) is 69.3 Å². The Labute approximate surface area is 192 Å². The standard InChI is InChI=1S/C24H26ClN3O2S/c1-3-6-20(7-4-2)26-15-21-17-31-24(27-21)18-10-12-28(13-11-18)23(29)16-30-22-9-5-8-19(25)14-22/h1,4-9,14,17-18,26H,10-13,15-16H2,2H3/b7-4-,20-6+. The van der Waals surface area contributed by atoms with E-state index in [0.29, 0.717) is 36.3 Å². The molecule has 0 aliphatic carbocycles. The second-order valence-electron chi connectivity index (χ2n) is 7.20. The predicted molar refractivity (Wildman–Crippen MR) is 126 cm³/mol. The number of nitrogens with one attached hydrogen (secondary N) is 1. The highest BCUT2D eigenvalue weighted by Crippen LogP contribution is 2.30. The van der Waals surface area contributed by atoms with Crippen LogP contribution in [0.2, 0.25) is 5.02 Å². The maximum Gasteiger partial charge on any atom is 0.260 e. The number of ether oxygens (including phenoxy) is 1. The molecule has 0 spiro atoms. The summed E-state index contributed by atoms with van der Waals surface area (Å²) in [5.74, 6) is 3.53. The zero-order valence-electron chi connectivity index (χ0n) is 17.5. The van der Waals surface area contributed by atoms with Gasteiger partial charge in [0.2, 0.25) is 0 Å². The van der Waals surface area contributed by atoms with E-state index in [9.17, 15) is 4.79 Å². The molecule has 0 radical (unpaired) electrons. The Kier molecular flexibility index (Phi) is 8.57. The molecular formula is C24H26ClN3O2S. The highest BCUT2D eigenvalue weighted by molar-refractivity contribution is 7.09. The number of rotatable bonds is 8. The van der Waals surface area contributed by atoms with Gasteiger partial charge >= 0.3 is 0 Å². The number of likely N-dealkylation sites (tertiary alicyclic amines) is 1. The van der Waals surface area contributed by atoms with Crippen LogP contribution < -0.4 is 10.1 Å². The molecule has 1 aliphatic rings. The molecule has 1 N–H and O–H groups in total. The third-order valence-electron chi connectivity index (χ3n) is 4.98. The third kappa shape index (κ3) is 6.88. The fourth-order valence-electron chi connectivity index (χ4n) is 3.38. The smallest absolute Gasteiger partial charge is 0.260 e. The average Bonchev–Trinajstić information content (AvgIpc) is 3.25. The molecule has 1 aromatic heterocycles. The molecule has 7 heteroatoms. The number of allylic oxidation sites excluding steroid dienone is 3. The Morgan fingerprint density at radius 2 is 2.26 bits per heavy atom. The first-order valence-electron chi connectivity index (χ1n) is 10.2. The molecule has 1 fully saturated rings. The van der Waals surface area contributed by atoms with Gasteiger partial charge in [0.15, 0.2) is 6.61 Å². The van der Waals surface area contributed by atoms with Crippen LogP contribution in [0.25, 0.3) is 0 Å². The van der Waals surface area contributed by atoms with E-state index in [4.69, 9.17) is 27.7 Å². The molecule has 0 unspecified atom stereocenters. The largest absolute Gasteiger partial charge is 0.484 e. The summed E-state index contributed by atoms with van der Waals surface area (Å²) in [6.45, 7) is 4.04. The summed E-state index contributed by atoms with van der Waals surface area (Å²) in [6, 6.07) is 7.08. The lowest BCUT2D eigenvalue weighted by Crippen LogP contribution is -2.40. The Balaban J connectivity index is 1.46. The molecule has 0 bridgehead atoms. The topological polar surface area (TPSA) is 54.5 Å². The molecule has 0 atom stereocenters. The summed E-state index contributed by atoms with van der Waals surface area (Å²) in [5.41, 5.74) is 1.90. The van der Waals surface area contributed by atoms with E-state index < -0.39 is 0 Å². The number of terminal acetylenes is 1. The molecule has 162 valence electrons. The molecule has 2 aromatic rings. The Bertz CT molecular complexity index is 985. The molecule has 31 heavy (non-hydrogen) atoms. The molecular weight excluding hydrogens is 430 g/mol. The van der Waals surface area contributed by atoms with Crippen molar-refractivity contribution in [3.8, 4) is 18.1 Å². The van der Waals surface area contributed by atoms with Crippen molar-refractivity contribution in [1.82, 2.24) is 15.2 Å². The summed E-state index contributed by atoms with van der Waals surface area (Å²) in [6.07, 6.45) is 12.8. The van der Waals surface area contributed by atoms with Gasteiger partial charge in [-0.1, -0.05) is 29.7 Å². The van der Waals surface area contributed by atoms with Crippen molar-refractivity contribution >= 4 is 28.8 Å². The minimum atomic E-state index is -0.000683.